The molecule has 4 nitrogen and oxygen atoms in total. The Kier molecular flexibility index (Phi) is 5.33. The van der Waals surface area contributed by atoms with Crippen molar-refractivity contribution in [3.05, 3.63) is 66.4 Å². The van der Waals surface area contributed by atoms with E-state index in [0.717, 1.165) is 27.0 Å². The second-order valence-corrected chi connectivity index (χ2v) is 6.54. The number of nitrogens with one attached hydrogen (secondary N) is 1. The third-order valence-corrected chi connectivity index (χ3v) is 4.75. The van der Waals surface area contributed by atoms with E-state index < -0.39 is 0 Å². The summed E-state index contributed by atoms with van der Waals surface area (Å²) in [7, 11) is 0. The number of nitrogens with two attached hydrogens (primary N) is 1. The first-order chi connectivity index (χ1) is 11.7. The maximum absolute atomic E-state index is 10.9. The number of nitrogens with zero attached hydrogens (tertiary/aromatic N) is 1. The van der Waals surface area contributed by atoms with Crippen LogP contribution in [0, 0.1) is 0 Å². The van der Waals surface area contributed by atoms with Gasteiger partial charge in [-0.1, -0.05) is 36.4 Å². The number of carbonyl (C=O) groups is 1. The second kappa shape index (κ2) is 7.84. The van der Waals surface area contributed by atoms with Crippen molar-refractivity contribution in [2.75, 3.05) is 11.1 Å². The minimum atomic E-state index is -0.269. The first-order valence-corrected chi connectivity index (χ1v) is 8.79. The molecule has 0 spiro atoms. The van der Waals surface area contributed by atoms with Gasteiger partial charge >= 0.3 is 0 Å². The number of rotatable bonds is 7. The van der Waals surface area contributed by atoms with Crippen molar-refractivity contribution in [3.63, 3.8) is 0 Å². The number of amides is 1. The molecule has 1 heterocycles. The maximum Gasteiger partial charge on any atom is 0.218 e. The molecule has 3 N–H and O–H groups in total. The molecule has 0 saturated heterocycles. The number of para-hydroxylation sites is 2. The van der Waals surface area contributed by atoms with Crippen LogP contribution in [-0.4, -0.2) is 16.6 Å². The van der Waals surface area contributed by atoms with Crippen molar-refractivity contribution in [3.8, 4) is 0 Å². The Balaban J connectivity index is 1.73. The summed E-state index contributed by atoms with van der Waals surface area (Å²) in [4.78, 5) is 16.5. The van der Waals surface area contributed by atoms with Gasteiger partial charge in [-0.05, 0) is 23.8 Å². The molecule has 24 heavy (non-hydrogen) atoms. The number of thioether (sulfide) groups is 1. The lowest BCUT2D eigenvalue weighted by Crippen LogP contribution is -2.11. The van der Waals surface area contributed by atoms with Crippen molar-refractivity contribution in [2.24, 2.45) is 5.73 Å². The lowest BCUT2D eigenvalue weighted by molar-refractivity contribution is -0.117. The van der Waals surface area contributed by atoms with Crippen LogP contribution in [0.15, 0.2) is 65.7 Å². The van der Waals surface area contributed by atoms with Crippen molar-refractivity contribution >= 4 is 34.3 Å². The Morgan fingerprint density at radius 2 is 1.92 bits per heavy atom. The third-order valence-electron chi connectivity index (χ3n) is 3.68. The van der Waals surface area contributed by atoms with Gasteiger partial charge in [0.2, 0.25) is 5.91 Å². The van der Waals surface area contributed by atoms with E-state index >= 15 is 0 Å². The van der Waals surface area contributed by atoms with Gasteiger partial charge in [0, 0.05) is 40.9 Å². The van der Waals surface area contributed by atoms with Gasteiger partial charge in [-0.2, -0.15) is 0 Å². The molecule has 0 radical (unpaired) electrons. The molecule has 0 saturated carbocycles. The zero-order valence-electron chi connectivity index (χ0n) is 13.2. The number of carbonyl (C=O) groups excluding carboxylic acids is 1. The Morgan fingerprint density at radius 3 is 2.79 bits per heavy atom. The number of fused-ring (bicyclic) bond motifs is 1. The largest absolute Gasteiger partial charge is 0.380 e. The first kappa shape index (κ1) is 16.3. The molecule has 3 aromatic rings. The maximum atomic E-state index is 10.9. The van der Waals surface area contributed by atoms with Crippen LogP contribution in [0.5, 0.6) is 0 Å². The molecule has 3 rings (SSSR count). The molecular formula is C19H19N3OS. The lowest BCUT2D eigenvalue weighted by Gasteiger charge is -2.12. The van der Waals surface area contributed by atoms with E-state index in [9.17, 15) is 4.79 Å². The van der Waals surface area contributed by atoms with Crippen molar-refractivity contribution < 1.29 is 4.79 Å². The van der Waals surface area contributed by atoms with Gasteiger partial charge in [-0.25, -0.2) is 0 Å². The van der Waals surface area contributed by atoms with Crippen LogP contribution in [0.1, 0.15) is 12.0 Å². The number of pyridine rings is 1. The third kappa shape index (κ3) is 4.06. The van der Waals surface area contributed by atoms with Gasteiger partial charge in [-0.3, -0.25) is 9.78 Å². The molecule has 2 aromatic carbocycles. The lowest BCUT2D eigenvalue weighted by atomic mass is 10.1. The Hall–Kier alpha value is -2.53. The highest BCUT2D eigenvalue weighted by Crippen LogP contribution is 2.28. The Morgan fingerprint density at radius 1 is 1.08 bits per heavy atom. The van der Waals surface area contributed by atoms with Gasteiger partial charge in [-0.15, -0.1) is 11.8 Å². The van der Waals surface area contributed by atoms with E-state index in [4.69, 9.17) is 5.73 Å². The molecule has 0 atom stereocenters. The summed E-state index contributed by atoms with van der Waals surface area (Å²) in [5.41, 5.74) is 8.44. The number of aromatic nitrogens is 1. The summed E-state index contributed by atoms with van der Waals surface area (Å²) < 4.78 is 0. The summed E-state index contributed by atoms with van der Waals surface area (Å²) in [5, 5.41) is 4.62. The van der Waals surface area contributed by atoms with Crippen LogP contribution >= 0.6 is 11.8 Å². The number of primary amides is 1. The number of anilines is 1. The number of hydrogen-bond acceptors (Lipinski definition) is 4. The molecular weight excluding hydrogens is 318 g/mol. The zero-order chi connectivity index (χ0) is 16.8. The standard InChI is InChI=1S/C19H19N3OS/c20-18(23)10-12-24-17-9-2-1-8-16(17)22-13-15-6-3-5-14-7-4-11-21-19(14)15/h1-9,11,22H,10,12-13H2,(H2,20,23). The van der Waals surface area contributed by atoms with E-state index in [2.05, 4.69) is 40.6 Å². The molecule has 122 valence electrons. The fourth-order valence-electron chi connectivity index (χ4n) is 2.50. The Labute approximate surface area is 145 Å². The van der Waals surface area contributed by atoms with Crippen LogP contribution in [-0.2, 0) is 11.3 Å². The van der Waals surface area contributed by atoms with E-state index in [1.165, 1.54) is 0 Å². The molecule has 0 aliphatic carbocycles. The van der Waals surface area contributed by atoms with Gasteiger partial charge in [0.05, 0.1) is 5.52 Å². The van der Waals surface area contributed by atoms with Crippen molar-refractivity contribution in [1.82, 2.24) is 4.98 Å². The summed E-state index contributed by atoms with van der Waals surface area (Å²) in [6, 6.07) is 18.3. The highest BCUT2D eigenvalue weighted by atomic mass is 32.2. The summed E-state index contributed by atoms with van der Waals surface area (Å²) in [6.45, 7) is 0.696. The zero-order valence-corrected chi connectivity index (χ0v) is 14.1. The molecule has 1 amide bonds. The monoisotopic (exact) mass is 337 g/mol. The van der Waals surface area contributed by atoms with Crippen LogP contribution < -0.4 is 11.1 Å². The smallest absolute Gasteiger partial charge is 0.218 e. The highest BCUT2D eigenvalue weighted by molar-refractivity contribution is 7.99. The van der Waals surface area contributed by atoms with E-state index in [1.54, 1.807) is 11.8 Å². The van der Waals surface area contributed by atoms with E-state index in [1.807, 2.05) is 30.5 Å². The van der Waals surface area contributed by atoms with Crippen LogP contribution in [0.3, 0.4) is 0 Å². The quantitative estimate of drug-likeness (QED) is 0.643. The fraction of sp³-hybridized carbons (Fsp3) is 0.158. The normalized spacial score (nSPS) is 10.7. The van der Waals surface area contributed by atoms with Gasteiger partial charge in [0.1, 0.15) is 0 Å². The van der Waals surface area contributed by atoms with Gasteiger partial charge < -0.3 is 11.1 Å². The molecule has 5 heteroatoms. The number of benzene rings is 2. The van der Waals surface area contributed by atoms with Crippen molar-refractivity contribution in [2.45, 2.75) is 17.9 Å². The second-order valence-electron chi connectivity index (χ2n) is 5.41. The fourth-order valence-corrected chi connectivity index (χ4v) is 3.49. The van der Waals surface area contributed by atoms with Crippen LogP contribution in [0.25, 0.3) is 10.9 Å². The van der Waals surface area contributed by atoms with Gasteiger partial charge in [0.25, 0.3) is 0 Å². The molecule has 0 bridgehead atoms. The van der Waals surface area contributed by atoms with Crippen LogP contribution in [0.4, 0.5) is 5.69 Å². The highest BCUT2D eigenvalue weighted by Gasteiger charge is 2.06. The average molecular weight is 337 g/mol. The number of hydrogen-bond donors (Lipinski definition) is 2. The predicted octanol–water partition coefficient (Wildman–Crippen LogP) is 3.81. The molecule has 0 unspecified atom stereocenters. The summed E-state index contributed by atoms with van der Waals surface area (Å²) >= 11 is 1.64. The molecule has 0 aliphatic rings. The molecule has 1 aromatic heterocycles. The van der Waals surface area contributed by atoms with E-state index in [0.29, 0.717) is 18.7 Å². The van der Waals surface area contributed by atoms with Crippen LogP contribution in [0.2, 0.25) is 0 Å². The molecule has 0 aliphatic heterocycles. The minimum Gasteiger partial charge on any atom is -0.380 e. The predicted molar refractivity (Wildman–Crippen MR) is 100 cm³/mol. The summed E-state index contributed by atoms with van der Waals surface area (Å²) in [5.74, 6) is 0.416. The SMILES string of the molecule is NC(=O)CCSc1ccccc1NCc1cccc2cccnc12. The first-order valence-electron chi connectivity index (χ1n) is 7.80. The average Bonchev–Trinajstić information content (AvgIpc) is 2.60. The minimum absolute atomic E-state index is 0.269. The topological polar surface area (TPSA) is 68.0 Å². The van der Waals surface area contributed by atoms with E-state index in [-0.39, 0.29) is 5.91 Å². The van der Waals surface area contributed by atoms with Crippen molar-refractivity contribution in [1.29, 1.82) is 0 Å². The summed E-state index contributed by atoms with van der Waals surface area (Å²) in [6.07, 6.45) is 2.20. The Bertz CT molecular complexity index is 845. The van der Waals surface area contributed by atoms with Gasteiger partial charge in [0.15, 0.2) is 0 Å². The molecule has 0 fully saturated rings.